The van der Waals surface area contributed by atoms with E-state index in [1.54, 1.807) is 0 Å². The van der Waals surface area contributed by atoms with Gasteiger partial charge in [0.05, 0.1) is 24.7 Å². The second-order valence-electron chi connectivity index (χ2n) is 16.7. The molecule has 0 aromatic rings. The number of rotatable bonds is 5. The number of aliphatic carboxylic acids is 1. The standard InChI is InChI=1S/C35H56O8/c1-19(2)20-9-14-35(30(40)41)16-15-33(5)21(26(20)35)7-8-24-31(3)12-11-25(43-29-28(39)27(38)22(37)17-42-29)32(4,18-36)23(31)10-13-34(24,33)6/h20-29,36-39H,1,7-18H2,2-6H3,(H,40,41)/t20-,21+,22-,23-,24+,25-,26+,27-,28+,29-,31-,32-,33+,34+,35-/m0/s1. The van der Waals surface area contributed by atoms with Crippen LogP contribution in [0.25, 0.3) is 0 Å². The molecule has 0 amide bonds. The van der Waals surface area contributed by atoms with E-state index >= 15 is 0 Å². The molecular weight excluding hydrogens is 548 g/mol. The van der Waals surface area contributed by atoms with Gasteiger partial charge in [-0.15, -0.1) is 0 Å². The monoisotopic (exact) mass is 604 g/mol. The Morgan fingerprint density at radius 1 is 0.884 bits per heavy atom. The summed E-state index contributed by atoms with van der Waals surface area (Å²) in [6.45, 7) is 15.9. The number of ether oxygens (including phenoxy) is 2. The molecule has 6 rings (SSSR count). The van der Waals surface area contributed by atoms with E-state index in [4.69, 9.17) is 9.47 Å². The average molecular weight is 605 g/mol. The second-order valence-corrected chi connectivity index (χ2v) is 16.7. The SMILES string of the molecule is C=C(C)[C@@H]1CC[C@]2(C(=O)O)CC[C@]3(C)[C@H](CC[C@@H]4[C@@]5(C)CC[C@H](O[C@@H]6OC[C@H](O)[C@H](O)[C@H]6O)[C@@](C)(CO)[C@H]5CC[C@]43C)[C@@H]12. The Labute approximate surface area is 257 Å². The van der Waals surface area contributed by atoms with Crippen molar-refractivity contribution in [2.45, 2.75) is 130 Å². The number of hydrogen-bond donors (Lipinski definition) is 5. The summed E-state index contributed by atoms with van der Waals surface area (Å²) in [7, 11) is 0. The number of hydrogen-bond acceptors (Lipinski definition) is 7. The van der Waals surface area contributed by atoms with Gasteiger partial charge in [0.25, 0.3) is 0 Å². The Hall–Kier alpha value is -1.03. The van der Waals surface area contributed by atoms with Gasteiger partial charge in [0.1, 0.15) is 18.3 Å². The average Bonchev–Trinajstić information content (AvgIpc) is 3.36. The third kappa shape index (κ3) is 4.18. The van der Waals surface area contributed by atoms with Gasteiger partial charge in [0, 0.05) is 5.41 Å². The molecule has 6 aliphatic rings. The summed E-state index contributed by atoms with van der Waals surface area (Å²) in [4.78, 5) is 12.9. The Balaban J connectivity index is 1.30. The Morgan fingerprint density at radius 3 is 2.26 bits per heavy atom. The minimum absolute atomic E-state index is 0.0230. The van der Waals surface area contributed by atoms with E-state index in [-0.39, 0.29) is 53.3 Å². The fourth-order valence-electron chi connectivity index (χ4n) is 12.8. The van der Waals surface area contributed by atoms with Gasteiger partial charge in [-0.2, -0.15) is 0 Å². The van der Waals surface area contributed by atoms with E-state index in [1.807, 2.05) is 0 Å². The van der Waals surface area contributed by atoms with Crippen LogP contribution in [0.4, 0.5) is 0 Å². The Bertz CT molecular complexity index is 1130. The number of carboxylic acids is 1. The van der Waals surface area contributed by atoms with Crippen LogP contribution in [0.1, 0.15) is 98.8 Å². The van der Waals surface area contributed by atoms with E-state index in [0.717, 1.165) is 63.4 Å². The fourth-order valence-corrected chi connectivity index (χ4v) is 12.8. The van der Waals surface area contributed by atoms with Crippen molar-refractivity contribution in [3.8, 4) is 0 Å². The first-order chi connectivity index (χ1) is 20.1. The highest BCUT2D eigenvalue weighted by atomic mass is 16.7. The molecule has 5 aliphatic carbocycles. The molecule has 8 heteroatoms. The lowest BCUT2D eigenvalue weighted by atomic mass is 9.32. The molecule has 244 valence electrons. The van der Waals surface area contributed by atoms with Gasteiger partial charge in [-0.05, 0) is 117 Å². The van der Waals surface area contributed by atoms with Crippen LogP contribution < -0.4 is 0 Å². The van der Waals surface area contributed by atoms with Crippen molar-refractivity contribution in [1.82, 2.24) is 0 Å². The largest absolute Gasteiger partial charge is 0.481 e. The number of allylic oxidation sites excluding steroid dienone is 1. The summed E-state index contributed by atoms with van der Waals surface area (Å²) in [6, 6.07) is 0. The zero-order chi connectivity index (χ0) is 31.3. The zero-order valence-electron chi connectivity index (χ0n) is 26.9. The quantitative estimate of drug-likeness (QED) is 0.228. The lowest BCUT2D eigenvalue weighted by molar-refractivity contribution is -0.316. The van der Waals surface area contributed by atoms with Crippen LogP contribution in [-0.4, -0.2) is 75.4 Å². The van der Waals surface area contributed by atoms with Crippen LogP contribution in [-0.2, 0) is 14.3 Å². The number of aliphatic hydroxyl groups excluding tert-OH is 4. The number of carboxylic acid groups (broad SMARTS) is 1. The fraction of sp³-hybridized carbons (Fsp3) is 0.914. The normalized spacial score (nSPS) is 56.3. The second kappa shape index (κ2) is 10.5. The summed E-state index contributed by atoms with van der Waals surface area (Å²) in [5.74, 6) is 0.829. The van der Waals surface area contributed by atoms with Crippen LogP contribution in [0.15, 0.2) is 12.2 Å². The summed E-state index contributed by atoms with van der Waals surface area (Å²) >= 11 is 0. The van der Waals surface area contributed by atoms with Crippen molar-refractivity contribution in [1.29, 1.82) is 0 Å². The minimum Gasteiger partial charge on any atom is -0.481 e. The lowest BCUT2D eigenvalue weighted by Crippen LogP contribution is -2.68. The van der Waals surface area contributed by atoms with Crippen molar-refractivity contribution in [3.05, 3.63) is 12.2 Å². The summed E-state index contributed by atoms with van der Waals surface area (Å²) in [5, 5.41) is 52.4. The molecule has 0 aromatic carbocycles. The van der Waals surface area contributed by atoms with Crippen molar-refractivity contribution < 1.29 is 39.8 Å². The molecule has 15 atom stereocenters. The summed E-state index contributed by atoms with van der Waals surface area (Å²) in [5.41, 5.74) is 0.0272. The van der Waals surface area contributed by atoms with Gasteiger partial charge in [-0.25, -0.2) is 0 Å². The molecule has 0 aromatic heterocycles. The van der Waals surface area contributed by atoms with E-state index in [1.165, 1.54) is 0 Å². The van der Waals surface area contributed by atoms with Crippen molar-refractivity contribution >= 4 is 5.97 Å². The molecule has 8 nitrogen and oxygen atoms in total. The van der Waals surface area contributed by atoms with E-state index < -0.39 is 41.4 Å². The molecule has 0 unspecified atom stereocenters. The Kier molecular flexibility index (Phi) is 7.79. The molecule has 0 bridgehead atoms. The van der Waals surface area contributed by atoms with Gasteiger partial charge in [-0.1, -0.05) is 39.8 Å². The number of carbonyl (C=O) groups is 1. The minimum atomic E-state index is -1.35. The molecule has 0 radical (unpaired) electrons. The third-order valence-corrected chi connectivity index (χ3v) is 15.3. The van der Waals surface area contributed by atoms with Crippen molar-refractivity contribution in [3.63, 3.8) is 0 Å². The predicted molar refractivity (Wildman–Crippen MR) is 161 cm³/mol. The maximum absolute atomic E-state index is 12.9. The maximum atomic E-state index is 12.9. The highest BCUT2D eigenvalue weighted by molar-refractivity contribution is 5.76. The predicted octanol–water partition coefficient (Wildman–Crippen LogP) is 4.53. The van der Waals surface area contributed by atoms with Crippen LogP contribution in [0, 0.1) is 56.7 Å². The smallest absolute Gasteiger partial charge is 0.309 e. The number of fused-ring (bicyclic) bond motifs is 7. The molecule has 5 saturated carbocycles. The van der Waals surface area contributed by atoms with Gasteiger partial charge >= 0.3 is 5.97 Å². The molecule has 5 N–H and O–H groups in total. The third-order valence-electron chi connectivity index (χ3n) is 15.3. The highest BCUT2D eigenvalue weighted by Gasteiger charge is 2.72. The molecular formula is C35H56O8. The molecule has 6 fully saturated rings. The first kappa shape index (κ1) is 31.9. The van der Waals surface area contributed by atoms with Crippen LogP contribution in [0.3, 0.4) is 0 Å². The molecule has 1 heterocycles. The molecule has 43 heavy (non-hydrogen) atoms. The highest BCUT2D eigenvalue weighted by Crippen LogP contribution is 2.77. The van der Waals surface area contributed by atoms with Gasteiger partial charge in [0.2, 0.25) is 0 Å². The first-order valence-electron chi connectivity index (χ1n) is 16.9. The molecule has 1 saturated heterocycles. The van der Waals surface area contributed by atoms with Crippen molar-refractivity contribution in [2.24, 2.45) is 56.7 Å². The summed E-state index contributed by atoms with van der Waals surface area (Å²) in [6.07, 6.45) is 3.90. The van der Waals surface area contributed by atoms with Gasteiger partial charge in [0.15, 0.2) is 6.29 Å². The van der Waals surface area contributed by atoms with Gasteiger partial charge < -0.3 is 35.0 Å². The number of aliphatic hydroxyl groups is 4. The van der Waals surface area contributed by atoms with Crippen LogP contribution in [0.5, 0.6) is 0 Å². The topological polar surface area (TPSA) is 137 Å². The maximum Gasteiger partial charge on any atom is 0.309 e. The molecule has 1 aliphatic heterocycles. The van der Waals surface area contributed by atoms with E-state index in [2.05, 4.69) is 41.2 Å². The van der Waals surface area contributed by atoms with E-state index in [9.17, 15) is 30.3 Å². The Morgan fingerprint density at radius 2 is 1.60 bits per heavy atom. The molecule has 0 spiro atoms. The lowest BCUT2D eigenvalue weighted by Gasteiger charge is -2.73. The first-order valence-corrected chi connectivity index (χ1v) is 16.9. The van der Waals surface area contributed by atoms with Crippen molar-refractivity contribution in [2.75, 3.05) is 13.2 Å². The summed E-state index contributed by atoms with van der Waals surface area (Å²) < 4.78 is 12.0. The van der Waals surface area contributed by atoms with Crippen LogP contribution in [0.2, 0.25) is 0 Å². The van der Waals surface area contributed by atoms with Gasteiger partial charge in [-0.3, -0.25) is 4.79 Å². The zero-order valence-corrected chi connectivity index (χ0v) is 26.9. The van der Waals surface area contributed by atoms with E-state index in [0.29, 0.717) is 18.3 Å². The van der Waals surface area contributed by atoms with Crippen LogP contribution >= 0.6 is 0 Å².